The molecule has 2 aromatic rings. The van der Waals surface area contributed by atoms with E-state index in [1.807, 2.05) is 30.3 Å². The second-order valence-electron chi connectivity index (χ2n) is 5.18. The topological polar surface area (TPSA) is 12.0 Å². The van der Waals surface area contributed by atoms with Crippen molar-refractivity contribution in [3.8, 4) is 0 Å². The Balaban J connectivity index is 2.09. The zero-order chi connectivity index (χ0) is 15.2. The average molecular weight is 324 g/mol. The molecule has 0 amide bonds. The molecule has 0 bridgehead atoms. The Bertz CT molecular complexity index is 584. The van der Waals surface area contributed by atoms with Crippen molar-refractivity contribution in [2.75, 3.05) is 0 Å². The third kappa shape index (κ3) is 5.03. The van der Waals surface area contributed by atoms with Crippen molar-refractivity contribution in [1.29, 1.82) is 0 Å². The van der Waals surface area contributed by atoms with Crippen molar-refractivity contribution in [2.45, 2.75) is 37.1 Å². The van der Waals surface area contributed by atoms with Crippen molar-refractivity contribution < 1.29 is 4.39 Å². The van der Waals surface area contributed by atoms with Crippen LogP contribution in [0.1, 0.15) is 25.0 Å². The number of benzene rings is 2. The van der Waals surface area contributed by atoms with Crippen LogP contribution in [0.5, 0.6) is 0 Å². The molecule has 112 valence electrons. The molecule has 0 aliphatic heterocycles. The van der Waals surface area contributed by atoms with E-state index in [0.29, 0.717) is 12.6 Å². The lowest BCUT2D eigenvalue weighted by Gasteiger charge is -2.13. The second-order valence-corrected chi connectivity index (χ2v) is 6.60. The lowest BCUT2D eigenvalue weighted by atomic mass is 10.2. The molecule has 0 aliphatic carbocycles. The summed E-state index contributed by atoms with van der Waals surface area (Å²) in [5.41, 5.74) is 2.14. The van der Waals surface area contributed by atoms with Gasteiger partial charge in [-0.25, -0.2) is 4.39 Å². The Morgan fingerprint density at radius 3 is 2.52 bits per heavy atom. The molecule has 0 aliphatic rings. The molecule has 0 fully saturated rings. The summed E-state index contributed by atoms with van der Waals surface area (Å²) in [7, 11) is 0. The van der Waals surface area contributed by atoms with Gasteiger partial charge in [-0.1, -0.05) is 49.7 Å². The Morgan fingerprint density at radius 1 is 1.14 bits per heavy atom. The second kappa shape index (κ2) is 7.83. The van der Waals surface area contributed by atoms with Crippen LogP contribution in [0.3, 0.4) is 0 Å². The van der Waals surface area contributed by atoms with Crippen molar-refractivity contribution in [3.63, 3.8) is 0 Å². The van der Waals surface area contributed by atoms with Crippen LogP contribution in [-0.4, -0.2) is 6.04 Å². The van der Waals surface area contributed by atoms with Gasteiger partial charge in [0, 0.05) is 28.3 Å². The van der Waals surface area contributed by atoms with Gasteiger partial charge in [-0.15, -0.1) is 11.8 Å². The summed E-state index contributed by atoms with van der Waals surface area (Å²) in [6, 6.07) is 13.3. The molecule has 4 heteroatoms. The minimum absolute atomic E-state index is 0.156. The molecule has 0 saturated carbocycles. The molecule has 2 rings (SSSR count). The van der Waals surface area contributed by atoms with Gasteiger partial charge in [0.15, 0.2) is 0 Å². The lowest BCUT2D eigenvalue weighted by molar-refractivity contribution is 0.564. The maximum absolute atomic E-state index is 14.1. The van der Waals surface area contributed by atoms with Gasteiger partial charge in [-0.2, -0.15) is 0 Å². The fraction of sp³-hybridized carbons (Fsp3) is 0.294. The quantitative estimate of drug-likeness (QED) is 0.727. The van der Waals surface area contributed by atoms with Gasteiger partial charge in [0.2, 0.25) is 0 Å². The highest BCUT2D eigenvalue weighted by atomic mass is 35.5. The number of hydrogen-bond acceptors (Lipinski definition) is 2. The predicted octanol–water partition coefficient (Wildman–Crippen LogP) is 5.27. The van der Waals surface area contributed by atoms with Crippen LogP contribution in [-0.2, 0) is 12.3 Å². The van der Waals surface area contributed by atoms with Crippen LogP contribution in [0.15, 0.2) is 47.4 Å². The minimum Gasteiger partial charge on any atom is -0.310 e. The van der Waals surface area contributed by atoms with E-state index in [9.17, 15) is 4.39 Å². The first-order valence-corrected chi connectivity index (χ1v) is 8.30. The largest absolute Gasteiger partial charge is 0.310 e. The third-order valence-corrected chi connectivity index (χ3v) is 4.52. The number of halogens is 2. The SMILES string of the molecule is CC(C)NCc1cccc(F)c1SCc1ccc(Cl)cc1. The standard InChI is InChI=1S/C17H19ClFNS/c1-12(2)20-10-14-4-3-5-16(19)17(14)21-11-13-6-8-15(18)9-7-13/h3-9,12,20H,10-11H2,1-2H3. The fourth-order valence-corrected chi connectivity index (χ4v) is 3.07. The summed E-state index contributed by atoms with van der Waals surface area (Å²) in [6.07, 6.45) is 0. The van der Waals surface area contributed by atoms with Gasteiger partial charge in [0.1, 0.15) is 5.82 Å². The van der Waals surface area contributed by atoms with E-state index in [1.165, 1.54) is 17.8 Å². The van der Waals surface area contributed by atoms with E-state index in [0.717, 1.165) is 26.8 Å². The lowest BCUT2D eigenvalue weighted by Crippen LogP contribution is -2.22. The van der Waals surface area contributed by atoms with Crippen molar-refractivity contribution in [3.05, 3.63) is 64.4 Å². The van der Waals surface area contributed by atoms with Gasteiger partial charge in [0.25, 0.3) is 0 Å². The van der Waals surface area contributed by atoms with Crippen molar-refractivity contribution in [1.82, 2.24) is 5.32 Å². The summed E-state index contributed by atoms with van der Waals surface area (Å²) in [4.78, 5) is 0.723. The highest BCUT2D eigenvalue weighted by Crippen LogP contribution is 2.29. The first-order chi connectivity index (χ1) is 10.1. The van der Waals surface area contributed by atoms with Crippen molar-refractivity contribution in [2.24, 2.45) is 0 Å². The molecular formula is C17H19ClFNS. The molecule has 0 saturated heterocycles. The zero-order valence-electron chi connectivity index (χ0n) is 12.2. The zero-order valence-corrected chi connectivity index (χ0v) is 13.8. The maximum atomic E-state index is 14.1. The van der Waals surface area contributed by atoms with Crippen LogP contribution in [0.2, 0.25) is 5.02 Å². The Morgan fingerprint density at radius 2 is 1.86 bits per heavy atom. The number of thioether (sulfide) groups is 1. The van der Waals surface area contributed by atoms with Crippen LogP contribution in [0, 0.1) is 5.82 Å². The van der Waals surface area contributed by atoms with Gasteiger partial charge < -0.3 is 5.32 Å². The summed E-state index contributed by atoms with van der Waals surface area (Å²) >= 11 is 7.40. The molecule has 2 aromatic carbocycles. The smallest absolute Gasteiger partial charge is 0.137 e. The van der Waals surface area contributed by atoms with Crippen LogP contribution in [0.4, 0.5) is 4.39 Å². The van der Waals surface area contributed by atoms with Gasteiger partial charge in [-0.3, -0.25) is 0 Å². The summed E-state index contributed by atoms with van der Waals surface area (Å²) < 4.78 is 14.1. The first kappa shape index (κ1) is 16.3. The van der Waals surface area contributed by atoms with E-state index < -0.39 is 0 Å². The average Bonchev–Trinajstić information content (AvgIpc) is 2.46. The molecule has 1 N–H and O–H groups in total. The van der Waals surface area contributed by atoms with Gasteiger partial charge >= 0.3 is 0 Å². The number of rotatable bonds is 6. The summed E-state index contributed by atoms with van der Waals surface area (Å²) in [5, 5.41) is 4.06. The molecular weight excluding hydrogens is 305 g/mol. The molecule has 0 radical (unpaired) electrons. The van der Waals surface area contributed by atoms with Gasteiger partial charge in [-0.05, 0) is 29.3 Å². The van der Waals surface area contributed by atoms with E-state index in [-0.39, 0.29) is 5.82 Å². The molecule has 0 spiro atoms. The van der Waals surface area contributed by atoms with Gasteiger partial charge in [0.05, 0.1) is 0 Å². The van der Waals surface area contributed by atoms with Crippen molar-refractivity contribution >= 4 is 23.4 Å². The Hall–Kier alpha value is -1.03. The van der Waals surface area contributed by atoms with Crippen LogP contribution >= 0.6 is 23.4 Å². The maximum Gasteiger partial charge on any atom is 0.137 e. The Labute approximate surface area is 134 Å². The molecule has 0 heterocycles. The van der Waals surface area contributed by atoms with E-state index in [4.69, 9.17) is 11.6 Å². The Kier molecular flexibility index (Phi) is 6.09. The van der Waals surface area contributed by atoms with E-state index >= 15 is 0 Å². The predicted molar refractivity (Wildman–Crippen MR) is 89.4 cm³/mol. The first-order valence-electron chi connectivity index (χ1n) is 6.94. The van der Waals surface area contributed by atoms with E-state index in [1.54, 1.807) is 6.07 Å². The molecule has 0 aromatic heterocycles. The van der Waals surface area contributed by atoms with Crippen LogP contribution < -0.4 is 5.32 Å². The number of nitrogens with one attached hydrogen (secondary N) is 1. The van der Waals surface area contributed by atoms with E-state index in [2.05, 4.69) is 19.2 Å². The normalized spacial score (nSPS) is 11.1. The highest BCUT2D eigenvalue weighted by molar-refractivity contribution is 7.98. The fourth-order valence-electron chi connectivity index (χ4n) is 1.90. The minimum atomic E-state index is -0.156. The van der Waals surface area contributed by atoms with Crippen LogP contribution in [0.25, 0.3) is 0 Å². The molecule has 0 atom stereocenters. The molecule has 1 nitrogen and oxygen atoms in total. The summed E-state index contributed by atoms with van der Waals surface area (Å²) in [5.74, 6) is 0.573. The highest BCUT2D eigenvalue weighted by Gasteiger charge is 2.09. The summed E-state index contributed by atoms with van der Waals surface area (Å²) in [6.45, 7) is 4.85. The monoisotopic (exact) mass is 323 g/mol. The molecule has 0 unspecified atom stereocenters. The molecule has 21 heavy (non-hydrogen) atoms. The number of hydrogen-bond donors (Lipinski definition) is 1. The third-order valence-electron chi connectivity index (χ3n) is 3.05.